The quantitative estimate of drug-likeness (QED) is 0.821. The standard InChI is InChI=1S/C19H29NO/c1-20-13-16(9-14-4-7-19(21-2)8-5-14)12-18-11-15-3-6-17(18)10-15/h4-5,7-8,15-18,20H,3,6,9-13H2,1-2H3. The van der Waals surface area contributed by atoms with Gasteiger partial charge in [-0.2, -0.15) is 0 Å². The summed E-state index contributed by atoms with van der Waals surface area (Å²) in [5.74, 6) is 4.84. The molecule has 0 aromatic heterocycles. The van der Waals surface area contributed by atoms with Crippen molar-refractivity contribution in [3.05, 3.63) is 29.8 Å². The number of nitrogens with one attached hydrogen (secondary N) is 1. The Morgan fingerprint density at radius 2 is 2.00 bits per heavy atom. The molecular formula is C19H29NO. The lowest BCUT2D eigenvalue weighted by molar-refractivity contribution is 0.263. The minimum atomic E-state index is 0.771. The Morgan fingerprint density at radius 3 is 2.57 bits per heavy atom. The van der Waals surface area contributed by atoms with E-state index in [1.807, 2.05) is 0 Å². The van der Waals surface area contributed by atoms with Gasteiger partial charge in [-0.25, -0.2) is 0 Å². The highest BCUT2D eigenvalue weighted by molar-refractivity contribution is 5.27. The van der Waals surface area contributed by atoms with Crippen molar-refractivity contribution < 1.29 is 4.74 Å². The van der Waals surface area contributed by atoms with E-state index in [0.717, 1.165) is 36.0 Å². The summed E-state index contributed by atoms with van der Waals surface area (Å²) in [5.41, 5.74) is 1.44. The average Bonchev–Trinajstić information content (AvgIpc) is 3.11. The van der Waals surface area contributed by atoms with Crippen LogP contribution >= 0.6 is 0 Å². The number of methoxy groups -OCH3 is 1. The topological polar surface area (TPSA) is 21.3 Å². The highest BCUT2D eigenvalue weighted by atomic mass is 16.5. The summed E-state index contributed by atoms with van der Waals surface area (Å²) in [6, 6.07) is 8.62. The number of hydrogen-bond acceptors (Lipinski definition) is 2. The van der Waals surface area contributed by atoms with Crippen LogP contribution in [0.15, 0.2) is 24.3 Å². The van der Waals surface area contributed by atoms with E-state index in [-0.39, 0.29) is 0 Å². The van der Waals surface area contributed by atoms with Crippen LogP contribution in [-0.4, -0.2) is 20.7 Å². The number of rotatable bonds is 7. The Bertz CT molecular complexity index is 441. The molecule has 1 aromatic rings. The molecule has 2 nitrogen and oxygen atoms in total. The van der Waals surface area contributed by atoms with Gasteiger partial charge >= 0.3 is 0 Å². The largest absolute Gasteiger partial charge is 0.497 e. The van der Waals surface area contributed by atoms with E-state index in [9.17, 15) is 0 Å². The fourth-order valence-corrected chi connectivity index (χ4v) is 4.72. The molecule has 4 atom stereocenters. The molecule has 0 spiro atoms. The molecule has 2 heteroatoms. The third-order valence-electron chi connectivity index (χ3n) is 5.70. The van der Waals surface area contributed by atoms with Gasteiger partial charge in [-0.15, -0.1) is 0 Å². The molecule has 2 fully saturated rings. The molecule has 0 heterocycles. The van der Waals surface area contributed by atoms with Crippen molar-refractivity contribution in [2.45, 2.75) is 38.5 Å². The van der Waals surface area contributed by atoms with Gasteiger partial charge in [0, 0.05) is 0 Å². The maximum atomic E-state index is 5.25. The van der Waals surface area contributed by atoms with Crippen molar-refractivity contribution >= 4 is 0 Å². The van der Waals surface area contributed by atoms with Crippen molar-refractivity contribution in [1.82, 2.24) is 5.32 Å². The zero-order chi connectivity index (χ0) is 14.7. The van der Waals surface area contributed by atoms with Gasteiger partial charge in [-0.1, -0.05) is 18.6 Å². The van der Waals surface area contributed by atoms with Gasteiger partial charge in [0.1, 0.15) is 5.75 Å². The third-order valence-corrected chi connectivity index (χ3v) is 5.70. The first-order valence-electron chi connectivity index (χ1n) is 8.56. The molecule has 0 saturated heterocycles. The first-order valence-corrected chi connectivity index (χ1v) is 8.56. The summed E-state index contributed by atoms with van der Waals surface area (Å²) in [6.45, 7) is 1.14. The van der Waals surface area contributed by atoms with Crippen LogP contribution < -0.4 is 10.1 Å². The smallest absolute Gasteiger partial charge is 0.118 e. The molecule has 21 heavy (non-hydrogen) atoms. The fraction of sp³-hybridized carbons (Fsp3) is 0.684. The van der Waals surface area contributed by atoms with E-state index in [2.05, 4.69) is 36.6 Å². The van der Waals surface area contributed by atoms with Crippen molar-refractivity contribution in [3.8, 4) is 5.75 Å². The molecule has 2 saturated carbocycles. The van der Waals surface area contributed by atoms with Crippen molar-refractivity contribution in [2.75, 3.05) is 20.7 Å². The molecule has 1 N–H and O–H groups in total. The van der Waals surface area contributed by atoms with Crippen LogP contribution in [0.1, 0.15) is 37.7 Å². The van der Waals surface area contributed by atoms with E-state index >= 15 is 0 Å². The minimum absolute atomic E-state index is 0.771. The SMILES string of the molecule is CNCC(Cc1ccc(OC)cc1)CC1CC2CCC1C2. The maximum Gasteiger partial charge on any atom is 0.118 e. The van der Waals surface area contributed by atoms with E-state index < -0.39 is 0 Å². The summed E-state index contributed by atoms with van der Waals surface area (Å²) >= 11 is 0. The van der Waals surface area contributed by atoms with Crippen molar-refractivity contribution in [3.63, 3.8) is 0 Å². The molecule has 0 radical (unpaired) electrons. The Labute approximate surface area is 129 Å². The second-order valence-electron chi connectivity index (χ2n) is 7.15. The number of fused-ring (bicyclic) bond motifs is 2. The first-order chi connectivity index (χ1) is 10.3. The third kappa shape index (κ3) is 3.60. The highest BCUT2D eigenvalue weighted by Crippen LogP contribution is 2.50. The van der Waals surface area contributed by atoms with E-state index in [4.69, 9.17) is 4.74 Å². The van der Waals surface area contributed by atoms with Crippen LogP contribution in [0, 0.1) is 23.7 Å². The van der Waals surface area contributed by atoms with E-state index in [1.165, 1.54) is 44.1 Å². The minimum Gasteiger partial charge on any atom is -0.497 e. The van der Waals surface area contributed by atoms with Crippen LogP contribution in [0.3, 0.4) is 0 Å². The van der Waals surface area contributed by atoms with Crippen LogP contribution in [0.2, 0.25) is 0 Å². The molecule has 0 amide bonds. The molecule has 1 aromatic carbocycles. The monoisotopic (exact) mass is 287 g/mol. The molecule has 116 valence electrons. The second-order valence-corrected chi connectivity index (χ2v) is 7.15. The van der Waals surface area contributed by atoms with Gasteiger partial charge in [-0.05, 0) is 87.1 Å². The van der Waals surface area contributed by atoms with E-state index in [0.29, 0.717) is 0 Å². The molecule has 0 aliphatic heterocycles. The van der Waals surface area contributed by atoms with Crippen LogP contribution in [0.5, 0.6) is 5.75 Å². The second kappa shape index (κ2) is 6.83. The summed E-state index contributed by atoms with van der Waals surface area (Å²) in [5, 5.41) is 3.40. The van der Waals surface area contributed by atoms with Gasteiger partial charge < -0.3 is 10.1 Å². The summed E-state index contributed by atoms with van der Waals surface area (Å²) in [7, 11) is 3.82. The zero-order valence-corrected chi connectivity index (χ0v) is 13.5. The Balaban J connectivity index is 1.58. The lowest BCUT2D eigenvalue weighted by atomic mass is 9.80. The van der Waals surface area contributed by atoms with Crippen LogP contribution in [0.4, 0.5) is 0 Å². The predicted octanol–water partition coefficient (Wildman–Crippen LogP) is 3.90. The van der Waals surface area contributed by atoms with Crippen LogP contribution in [-0.2, 0) is 6.42 Å². The number of benzene rings is 1. The van der Waals surface area contributed by atoms with Gasteiger partial charge in [0.05, 0.1) is 7.11 Å². The zero-order valence-electron chi connectivity index (χ0n) is 13.5. The van der Waals surface area contributed by atoms with Gasteiger partial charge in [0.2, 0.25) is 0 Å². The number of ether oxygens (including phenoxy) is 1. The summed E-state index contributed by atoms with van der Waals surface area (Å²) < 4.78 is 5.25. The lowest BCUT2D eigenvalue weighted by Crippen LogP contribution is -2.25. The molecule has 2 aliphatic rings. The molecule has 3 rings (SSSR count). The Hall–Kier alpha value is -1.02. The normalized spacial score (nSPS) is 28.8. The summed E-state index contributed by atoms with van der Waals surface area (Å²) in [4.78, 5) is 0. The van der Waals surface area contributed by atoms with E-state index in [1.54, 1.807) is 7.11 Å². The van der Waals surface area contributed by atoms with Crippen molar-refractivity contribution in [2.24, 2.45) is 23.7 Å². The number of hydrogen-bond donors (Lipinski definition) is 1. The van der Waals surface area contributed by atoms with Crippen LogP contribution in [0.25, 0.3) is 0 Å². The molecule has 4 unspecified atom stereocenters. The first kappa shape index (κ1) is 14.9. The molecular weight excluding hydrogens is 258 g/mol. The molecule has 2 bridgehead atoms. The van der Waals surface area contributed by atoms with Gasteiger partial charge in [0.25, 0.3) is 0 Å². The Kier molecular flexibility index (Phi) is 4.84. The van der Waals surface area contributed by atoms with Crippen molar-refractivity contribution in [1.29, 1.82) is 0 Å². The Morgan fingerprint density at radius 1 is 1.19 bits per heavy atom. The lowest BCUT2D eigenvalue weighted by Gasteiger charge is -2.27. The van der Waals surface area contributed by atoms with Gasteiger partial charge in [0.15, 0.2) is 0 Å². The maximum absolute atomic E-state index is 5.25. The molecule has 2 aliphatic carbocycles. The highest BCUT2D eigenvalue weighted by Gasteiger charge is 2.39. The fourth-order valence-electron chi connectivity index (χ4n) is 4.72. The summed E-state index contributed by atoms with van der Waals surface area (Å²) in [6.07, 6.45) is 8.65. The van der Waals surface area contributed by atoms with Gasteiger partial charge in [-0.3, -0.25) is 0 Å². The predicted molar refractivity (Wildman–Crippen MR) is 87.7 cm³/mol. The average molecular weight is 287 g/mol.